The molecule has 2 aromatic rings. The highest BCUT2D eigenvalue weighted by Gasteiger charge is 2.21. The molecule has 1 aliphatic heterocycles. The zero-order chi connectivity index (χ0) is 21.3. The normalized spacial score (nSPS) is 14.1. The molecule has 0 spiro atoms. The van der Waals surface area contributed by atoms with Crippen molar-refractivity contribution in [2.45, 2.75) is 13.5 Å². The molecule has 1 saturated heterocycles. The molecule has 168 valence electrons. The van der Waals surface area contributed by atoms with Crippen LogP contribution in [0, 0.1) is 0 Å². The minimum atomic E-state index is -0.496. The lowest BCUT2D eigenvalue weighted by molar-refractivity contribution is -0.119. The number of ether oxygens (including phenoxy) is 1. The molecule has 1 heterocycles. The molecule has 31 heavy (non-hydrogen) atoms. The van der Waals surface area contributed by atoms with Gasteiger partial charge in [-0.2, -0.15) is 0 Å². The average Bonchev–Trinajstić information content (AvgIpc) is 2.76. The summed E-state index contributed by atoms with van der Waals surface area (Å²) in [6.45, 7) is 6.72. The molecule has 0 aliphatic carbocycles. The SMILES string of the molecule is CCNC(=NCc1cccc(OCC(N)=O)c1)N1CCN(c2ccccc2Cl)CC1.I. The Morgan fingerprint density at radius 3 is 2.58 bits per heavy atom. The van der Waals surface area contributed by atoms with E-state index in [4.69, 9.17) is 27.1 Å². The van der Waals surface area contributed by atoms with Gasteiger partial charge >= 0.3 is 0 Å². The number of rotatable bonds is 7. The molecule has 0 atom stereocenters. The Labute approximate surface area is 205 Å². The van der Waals surface area contributed by atoms with E-state index < -0.39 is 5.91 Å². The number of hydrogen-bond acceptors (Lipinski definition) is 4. The van der Waals surface area contributed by atoms with E-state index >= 15 is 0 Å². The number of amides is 1. The predicted octanol–water partition coefficient (Wildman–Crippen LogP) is 3.11. The summed E-state index contributed by atoms with van der Waals surface area (Å²) >= 11 is 6.35. The lowest BCUT2D eigenvalue weighted by Crippen LogP contribution is -2.52. The molecule has 0 unspecified atom stereocenters. The number of nitrogens with zero attached hydrogens (tertiary/aromatic N) is 3. The van der Waals surface area contributed by atoms with E-state index in [1.807, 2.05) is 36.4 Å². The van der Waals surface area contributed by atoms with Gasteiger partial charge in [0.15, 0.2) is 12.6 Å². The summed E-state index contributed by atoms with van der Waals surface area (Å²) in [5, 5.41) is 4.16. The Balaban J connectivity index is 0.00000341. The van der Waals surface area contributed by atoms with E-state index in [9.17, 15) is 4.79 Å². The fourth-order valence-electron chi connectivity index (χ4n) is 3.35. The van der Waals surface area contributed by atoms with E-state index in [0.29, 0.717) is 12.3 Å². The van der Waals surface area contributed by atoms with Gasteiger partial charge in [0.25, 0.3) is 5.91 Å². The molecule has 7 nitrogen and oxygen atoms in total. The fourth-order valence-corrected chi connectivity index (χ4v) is 3.60. The summed E-state index contributed by atoms with van der Waals surface area (Å²) in [4.78, 5) is 20.3. The van der Waals surface area contributed by atoms with Crippen LogP contribution in [-0.4, -0.2) is 56.1 Å². The largest absolute Gasteiger partial charge is 0.484 e. The van der Waals surface area contributed by atoms with Gasteiger partial charge < -0.3 is 25.6 Å². The van der Waals surface area contributed by atoms with Gasteiger partial charge in [0, 0.05) is 32.7 Å². The van der Waals surface area contributed by atoms with Crippen LogP contribution in [0.3, 0.4) is 0 Å². The quantitative estimate of drug-likeness (QED) is 0.311. The zero-order valence-corrected chi connectivity index (χ0v) is 20.7. The number of primary amides is 1. The molecule has 9 heteroatoms. The molecular weight excluding hydrogens is 529 g/mol. The van der Waals surface area contributed by atoms with E-state index in [2.05, 4.69) is 28.1 Å². The third-order valence-corrected chi connectivity index (χ3v) is 5.12. The monoisotopic (exact) mass is 557 g/mol. The van der Waals surface area contributed by atoms with E-state index in [1.165, 1.54) is 0 Å². The highest BCUT2D eigenvalue weighted by molar-refractivity contribution is 14.0. The minimum Gasteiger partial charge on any atom is -0.484 e. The topological polar surface area (TPSA) is 83.2 Å². The van der Waals surface area contributed by atoms with Crippen molar-refractivity contribution in [2.24, 2.45) is 10.7 Å². The predicted molar refractivity (Wildman–Crippen MR) is 137 cm³/mol. The summed E-state index contributed by atoms with van der Waals surface area (Å²) in [7, 11) is 0. The Morgan fingerprint density at radius 2 is 1.90 bits per heavy atom. The van der Waals surface area contributed by atoms with Gasteiger partial charge in [-0.3, -0.25) is 4.79 Å². The molecule has 2 aromatic carbocycles. The third kappa shape index (κ3) is 7.46. The van der Waals surface area contributed by atoms with E-state index in [0.717, 1.165) is 55.0 Å². The first-order valence-corrected chi connectivity index (χ1v) is 10.5. The van der Waals surface area contributed by atoms with Crippen molar-refractivity contribution in [1.29, 1.82) is 0 Å². The highest BCUT2D eigenvalue weighted by atomic mass is 127. The first-order chi connectivity index (χ1) is 14.6. The number of para-hydroxylation sites is 1. The molecule has 1 aliphatic rings. The van der Waals surface area contributed by atoms with Gasteiger partial charge in [-0.15, -0.1) is 24.0 Å². The van der Waals surface area contributed by atoms with E-state index in [1.54, 1.807) is 6.07 Å². The summed E-state index contributed by atoms with van der Waals surface area (Å²) in [6.07, 6.45) is 0. The first kappa shape index (κ1) is 25.1. The van der Waals surface area contributed by atoms with Gasteiger partial charge in [0.1, 0.15) is 5.75 Å². The Hall–Kier alpha value is -2.20. The smallest absolute Gasteiger partial charge is 0.255 e. The van der Waals surface area contributed by atoms with Crippen LogP contribution in [0.15, 0.2) is 53.5 Å². The van der Waals surface area contributed by atoms with Crippen LogP contribution in [-0.2, 0) is 11.3 Å². The molecular formula is C22H29ClIN5O2. The zero-order valence-electron chi connectivity index (χ0n) is 17.6. The molecule has 3 rings (SSSR count). The summed E-state index contributed by atoms with van der Waals surface area (Å²) in [6, 6.07) is 15.5. The highest BCUT2D eigenvalue weighted by Crippen LogP contribution is 2.26. The van der Waals surface area contributed by atoms with Crippen molar-refractivity contribution >= 4 is 53.1 Å². The second kappa shape index (κ2) is 12.6. The van der Waals surface area contributed by atoms with Gasteiger partial charge in [-0.05, 0) is 36.8 Å². The van der Waals surface area contributed by atoms with Crippen molar-refractivity contribution in [3.63, 3.8) is 0 Å². The van der Waals surface area contributed by atoms with Crippen molar-refractivity contribution < 1.29 is 9.53 Å². The van der Waals surface area contributed by atoms with Crippen molar-refractivity contribution in [3.05, 3.63) is 59.1 Å². The van der Waals surface area contributed by atoms with E-state index in [-0.39, 0.29) is 30.6 Å². The van der Waals surface area contributed by atoms with Crippen molar-refractivity contribution in [3.8, 4) is 5.75 Å². The van der Waals surface area contributed by atoms with Crippen molar-refractivity contribution in [1.82, 2.24) is 10.2 Å². The van der Waals surface area contributed by atoms with Gasteiger partial charge in [-0.1, -0.05) is 35.9 Å². The van der Waals surface area contributed by atoms with Gasteiger partial charge in [0.2, 0.25) is 0 Å². The maximum absolute atomic E-state index is 10.9. The lowest BCUT2D eigenvalue weighted by Gasteiger charge is -2.38. The molecule has 0 aromatic heterocycles. The maximum atomic E-state index is 10.9. The number of nitrogens with one attached hydrogen (secondary N) is 1. The van der Waals surface area contributed by atoms with Gasteiger partial charge in [0.05, 0.1) is 17.3 Å². The Morgan fingerprint density at radius 1 is 1.16 bits per heavy atom. The second-order valence-corrected chi connectivity index (χ2v) is 7.41. The fraction of sp³-hybridized carbons (Fsp3) is 0.364. The van der Waals surface area contributed by atoms with Crippen LogP contribution in [0.5, 0.6) is 5.75 Å². The van der Waals surface area contributed by atoms with Crippen LogP contribution < -0.4 is 20.7 Å². The van der Waals surface area contributed by atoms with Crippen LogP contribution >= 0.6 is 35.6 Å². The van der Waals surface area contributed by atoms with Crippen molar-refractivity contribution in [2.75, 3.05) is 44.2 Å². The van der Waals surface area contributed by atoms with Crippen LogP contribution in [0.25, 0.3) is 0 Å². The number of anilines is 1. The second-order valence-electron chi connectivity index (χ2n) is 7.00. The minimum absolute atomic E-state index is 0. The van der Waals surface area contributed by atoms with Gasteiger partial charge in [-0.25, -0.2) is 4.99 Å². The Kier molecular flexibility index (Phi) is 10.2. The number of aliphatic imine (C=N–C) groups is 1. The number of carbonyl (C=O) groups is 1. The molecule has 0 bridgehead atoms. The molecule has 0 radical (unpaired) electrons. The van der Waals surface area contributed by atoms with Crippen LogP contribution in [0.1, 0.15) is 12.5 Å². The van der Waals surface area contributed by atoms with Crippen LogP contribution in [0.2, 0.25) is 5.02 Å². The summed E-state index contributed by atoms with van der Waals surface area (Å²) in [5.74, 6) is 1.00. The number of carbonyl (C=O) groups excluding carboxylic acids is 1. The summed E-state index contributed by atoms with van der Waals surface area (Å²) in [5.41, 5.74) is 7.22. The Bertz CT molecular complexity index is 888. The molecule has 3 N–H and O–H groups in total. The average molecular weight is 558 g/mol. The third-order valence-electron chi connectivity index (χ3n) is 4.80. The number of guanidine groups is 1. The molecule has 1 amide bonds. The molecule has 0 saturated carbocycles. The lowest BCUT2D eigenvalue weighted by atomic mass is 10.2. The maximum Gasteiger partial charge on any atom is 0.255 e. The number of nitrogens with two attached hydrogens (primary N) is 1. The number of benzene rings is 2. The molecule has 1 fully saturated rings. The number of piperazine rings is 1. The number of hydrogen-bond donors (Lipinski definition) is 2. The summed E-state index contributed by atoms with van der Waals surface area (Å²) < 4.78 is 5.38. The first-order valence-electron chi connectivity index (χ1n) is 10.1. The number of halogens is 2. The standard InChI is InChI=1S/C22H28ClN5O2.HI/c1-2-25-22(26-15-17-6-5-7-18(14-17)30-16-21(24)29)28-12-10-27(11-13-28)20-9-4-3-8-19(20)23;/h3-9,14H,2,10-13,15-16H2,1H3,(H2,24,29)(H,25,26);1H. The van der Waals surface area contributed by atoms with Crippen LogP contribution in [0.4, 0.5) is 5.69 Å².